The van der Waals surface area contributed by atoms with Crippen molar-refractivity contribution in [2.75, 3.05) is 5.32 Å². The molecule has 0 aliphatic rings. The lowest BCUT2D eigenvalue weighted by molar-refractivity contribution is -0.114. The number of anilines is 1. The van der Waals surface area contributed by atoms with Gasteiger partial charge in [-0.15, -0.1) is 12.3 Å². The maximum Gasteiger partial charge on any atom is 0.221 e. The number of nitrogens with zero attached hydrogens (tertiary/aromatic N) is 2. The molecule has 0 aliphatic heterocycles. The number of amides is 1. The van der Waals surface area contributed by atoms with Gasteiger partial charge in [0.2, 0.25) is 5.91 Å². The number of benzene rings is 1. The number of pyridine rings is 1. The van der Waals surface area contributed by atoms with Gasteiger partial charge in [0.25, 0.3) is 0 Å². The highest BCUT2D eigenvalue weighted by atomic mass is 16.5. The van der Waals surface area contributed by atoms with Gasteiger partial charge in [-0.3, -0.25) is 9.20 Å². The Bertz CT molecular complexity index is 1010. The Morgan fingerprint density at radius 1 is 1.35 bits per heavy atom. The molecule has 5 heteroatoms. The first-order chi connectivity index (χ1) is 12.5. The summed E-state index contributed by atoms with van der Waals surface area (Å²) in [6, 6.07) is 9.60. The zero-order valence-electron chi connectivity index (χ0n) is 15.2. The fourth-order valence-corrected chi connectivity index (χ4v) is 2.92. The first-order valence-electron chi connectivity index (χ1n) is 8.39. The molecular weight excluding hydrogens is 326 g/mol. The Morgan fingerprint density at radius 2 is 2.15 bits per heavy atom. The van der Waals surface area contributed by atoms with Crippen molar-refractivity contribution in [3.63, 3.8) is 0 Å². The number of rotatable bonds is 5. The molecule has 2 heterocycles. The highest BCUT2D eigenvalue weighted by Crippen LogP contribution is 2.24. The summed E-state index contributed by atoms with van der Waals surface area (Å²) in [4.78, 5) is 15.8. The molecule has 0 atom stereocenters. The van der Waals surface area contributed by atoms with Crippen LogP contribution in [0, 0.1) is 26.2 Å². The van der Waals surface area contributed by atoms with Gasteiger partial charge in [0.05, 0.1) is 17.8 Å². The molecule has 26 heavy (non-hydrogen) atoms. The molecule has 0 saturated carbocycles. The number of carbonyl (C=O) groups is 1. The topological polar surface area (TPSA) is 55.6 Å². The van der Waals surface area contributed by atoms with Crippen molar-refractivity contribution in [2.24, 2.45) is 0 Å². The predicted molar refractivity (Wildman–Crippen MR) is 102 cm³/mol. The van der Waals surface area contributed by atoms with Crippen LogP contribution in [0.2, 0.25) is 0 Å². The van der Waals surface area contributed by atoms with Gasteiger partial charge in [-0.05, 0) is 49.2 Å². The Hall–Kier alpha value is -3.26. The van der Waals surface area contributed by atoms with E-state index in [0.29, 0.717) is 18.8 Å². The molecule has 132 valence electrons. The minimum Gasteiger partial charge on any atom is -0.485 e. The number of fused-ring (bicyclic) bond motifs is 1. The van der Waals surface area contributed by atoms with E-state index in [1.807, 2.05) is 54.8 Å². The van der Waals surface area contributed by atoms with Crippen molar-refractivity contribution >= 4 is 17.2 Å². The second-order valence-electron chi connectivity index (χ2n) is 6.20. The third kappa shape index (κ3) is 3.55. The molecule has 1 N–H and O–H groups in total. The van der Waals surface area contributed by atoms with Crippen LogP contribution in [0.15, 0.2) is 36.5 Å². The molecule has 0 saturated heterocycles. The van der Waals surface area contributed by atoms with Gasteiger partial charge >= 0.3 is 0 Å². The molecule has 0 spiro atoms. The summed E-state index contributed by atoms with van der Waals surface area (Å²) in [5, 5.41) is 2.78. The van der Waals surface area contributed by atoms with Gasteiger partial charge in [-0.2, -0.15) is 0 Å². The number of imidazole rings is 1. The molecule has 1 amide bonds. The van der Waals surface area contributed by atoms with Crippen LogP contribution in [0.25, 0.3) is 5.65 Å². The van der Waals surface area contributed by atoms with Crippen LogP contribution in [-0.4, -0.2) is 15.3 Å². The number of terminal acetylenes is 1. The smallest absolute Gasteiger partial charge is 0.221 e. The van der Waals surface area contributed by atoms with Gasteiger partial charge in [0.15, 0.2) is 11.4 Å². The second kappa shape index (κ2) is 7.32. The number of hydrogen-bond donors (Lipinski definition) is 1. The molecule has 1 aromatic carbocycles. The van der Waals surface area contributed by atoms with Gasteiger partial charge in [-0.1, -0.05) is 6.07 Å². The third-order valence-corrected chi connectivity index (χ3v) is 4.23. The summed E-state index contributed by atoms with van der Waals surface area (Å²) in [5.41, 5.74) is 5.56. The Morgan fingerprint density at radius 3 is 2.85 bits per heavy atom. The lowest BCUT2D eigenvalue weighted by atomic mass is 10.1. The highest BCUT2D eigenvalue weighted by molar-refractivity contribution is 5.88. The molecule has 0 radical (unpaired) electrons. The quantitative estimate of drug-likeness (QED) is 0.717. The Balaban J connectivity index is 1.83. The SMILES string of the molecule is C#CCc1c(C)nc2c(OCc3ccc(NC(C)=O)cc3C)cccn12. The zero-order chi connectivity index (χ0) is 18.7. The van der Waals surface area contributed by atoms with Crippen molar-refractivity contribution in [1.29, 1.82) is 0 Å². The van der Waals surface area contributed by atoms with E-state index in [2.05, 4.69) is 16.2 Å². The molecule has 5 nitrogen and oxygen atoms in total. The van der Waals surface area contributed by atoms with E-state index in [0.717, 1.165) is 33.8 Å². The van der Waals surface area contributed by atoms with Crippen molar-refractivity contribution in [1.82, 2.24) is 9.38 Å². The largest absolute Gasteiger partial charge is 0.485 e. The molecule has 2 aromatic heterocycles. The first kappa shape index (κ1) is 17.6. The van der Waals surface area contributed by atoms with E-state index in [-0.39, 0.29) is 5.91 Å². The van der Waals surface area contributed by atoms with Crippen LogP contribution in [0.5, 0.6) is 5.75 Å². The molecule has 0 unspecified atom stereocenters. The highest BCUT2D eigenvalue weighted by Gasteiger charge is 2.12. The minimum atomic E-state index is -0.0856. The van der Waals surface area contributed by atoms with Crippen molar-refractivity contribution in [2.45, 2.75) is 33.8 Å². The summed E-state index contributed by atoms with van der Waals surface area (Å²) in [6.07, 6.45) is 7.94. The van der Waals surface area contributed by atoms with Crippen molar-refractivity contribution < 1.29 is 9.53 Å². The number of aryl methyl sites for hydroxylation is 2. The van der Waals surface area contributed by atoms with Crippen LogP contribution in [0.3, 0.4) is 0 Å². The molecular formula is C21H21N3O2. The maximum absolute atomic E-state index is 11.2. The van der Waals surface area contributed by atoms with E-state index < -0.39 is 0 Å². The Labute approximate surface area is 153 Å². The lowest BCUT2D eigenvalue weighted by Gasteiger charge is -2.11. The Kier molecular flexibility index (Phi) is 4.94. The summed E-state index contributed by atoms with van der Waals surface area (Å²) in [7, 11) is 0. The standard InChI is InChI=1S/C21H21N3O2/c1-5-7-19-15(3)22-21-20(8-6-11-24(19)21)26-13-17-9-10-18(12-14(17)2)23-16(4)25/h1,6,8-12H,7,13H2,2-4H3,(H,23,25). The van der Waals surface area contributed by atoms with E-state index in [1.165, 1.54) is 6.92 Å². The fraction of sp³-hybridized carbons (Fsp3) is 0.238. The molecule has 0 fully saturated rings. The van der Waals surface area contributed by atoms with Crippen molar-refractivity contribution in [3.8, 4) is 18.1 Å². The van der Waals surface area contributed by atoms with Gasteiger partial charge in [-0.25, -0.2) is 4.98 Å². The van der Waals surface area contributed by atoms with E-state index in [1.54, 1.807) is 0 Å². The van der Waals surface area contributed by atoms with Crippen LogP contribution in [0.1, 0.15) is 29.4 Å². The van der Waals surface area contributed by atoms with E-state index >= 15 is 0 Å². The molecule has 0 bridgehead atoms. The first-order valence-corrected chi connectivity index (χ1v) is 8.39. The zero-order valence-corrected chi connectivity index (χ0v) is 15.2. The normalized spacial score (nSPS) is 10.5. The average molecular weight is 347 g/mol. The number of aromatic nitrogens is 2. The summed E-state index contributed by atoms with van der Waals surface area (Å²) in [6.45, 7) is 5.86. The number of carbonyl (C=O) groups excluding carboxylic acids is 1. The van der Waals surface area contributed by atoms with Gasteiger partial charge in [0, 0.05) is 18.8 Å². The molecule has 3 aromatic rings. The van der Waals surface area contributed by atoms with Gasteiger partial charge < -0.3 is 10.1 Å². The number of hydrogen-bond acceptors (Lipinski definition) is 3. The van der Waals surface area contributed by atoms with Crippen molar-refractivity contribution in [3.05, 3.63) is 59.0 Å². The van der Waals surface area contributed by atoms with Crippen LogP contribution in [-0.2, 0) is 17.8 Å². The lowest BCUT2D eigenvalue weighted by Crippen LogP contribution is -2.06. The third-order valence-electron chi connectivity index (χ3n) is 4.23. The molecule has 3 rings (SSSR count). The summed E-state index contributed by atoms with van der Waals surface area (Å²) >= 11 is 0. The van der Waals surface area contributed by atoms with Crippen LogP contribution in [0.4, 0.5) is 5.69 Å². The van der Waals surface area contributed by atoms with Crippen LogP contribution >= 0.6 is 0 Å². The average Bonchev–Trinajstić information content (AvgIpc) is 2.90. The second-order valence-corrected chi connectivity index (χ2v) is 6.20. The monoisotopic (exact) mass is 347 g/mol. The molecule has 0 aliphatic carbocycles. The minimum absolute atomic E-state index is 0.0856. The predicted octanol–water partition coefficient (Wildman–Crippen LogP) is 3.66. The summed E-state index contributed by atoms with van der Waals surface area (Å²) < 4.78 is 8.01. The number of ether oxygens (including phenoxy) is 1. The maximum atomic E-state index is 11.2. The van der Waals surface area contributed by atoms with Gasteiger partial charge in [0.1, 0.15) is 6.61 Å². The van der Waals surface area contributed by atoms with Crippen LogP contribution < -0.4 is 10.1 Å². The van der Waals surface area contributed by atoms with E-state index in [9.17, 15) is 4.79 Å². The fourth-order valence-electron chi connectivity index (χ4n) is 2.92. The summed E-state index contributed by atoms with van der Waals surface area (Å²) in [5.74, 6) is 3.30. The van der Waals surface area contributed by atoms with E-state index in [4.69, 9.17) is 11.2 Å². The number of nitrogens with one attached hydrogen (secondary N) is 1.